The predicted octanol–water partition coefficient (Wildman–Crippen LogP) is 3.03. The SMILES string of the molecule is CCn1ccnc1CN(C)C(=O)c1c(C)cc(CCC(C)C)oc1=O. The number of carbonyl (C=O) groups is 1. The lowest BCUT2D eigenvalue weighted by Gasteiger charge is -2.18. The van der Waals surface area contributed by atoms with Crippen LogP contribution in [-0.2, 0) is 19.5 Å². The Kier molecular flexibility index (Phi) is 6.17. The summed E-state index contributed by atoms with van der Waals surface area (Å²) >= 11 is 0. The van der Waals surface area contributed by atoms with Crippen molar-refractivity contribution in [1.29, 1.82) is 0 Å². The zero-order chi connectivity index (χ0) is 18.6. The number of hydrogen-bond donors (Lipinski definition) is 0. The van der Waals surface area contributed by atoms with Crippen molar-refractivity contribution < 1.29 is 9.21 Å². The van der Waals surface area contributed by atoms with E-state index in [0.29, 0.717) is 30.2 Å². The molecule has 0 spiro atoms. The molecule has 0 fully saturated rings. The number of amides is 1. The van der Waals surface area contributed by atoms with Gasteiger partial charge < -0.3 is 13.9 Å². The van der Waals surface area contributed by atoms with E-state index in [0.717, 1.165) is 18.8 Å². The van der Waals surface area contributed by atoms with Gasteiger partial charge in [-0.05, 0) is 37.8 Å². The summed E-state index contributed by atoms with van der Waals surface area (Å²) in [5.74, 6) is 1.61. The van der Waals surface area contributed by atoms with Crippen molar-refractivity contribution in [2.24, 2.45) is 5.92 Å². The summed E-state index contributed by atoms with van der Waals surface area (Å²) < 4.78 is 7.33. The summed E-state index contributed by atoms with van der Waals surface area (Å²) in [6.45, 7) is 9.16. The molecule has 0 saturated heterocycles. The number of carbonyl (C=O) groups excluding carboxylic acids is 1. The van der Waals surface area contributed by atoms with Crippen LogP contribution >= 0.6 is 0 Å². The monoisotopic (exact) mass is 345 g/mol. The minimum atomic E-state index is -0.561. The average Bonchev–Trinajstić information content (AvgIpc) is 2.99. The predicted molar refractivity (Wildman–Crippen MR) is 96.6 cm³/mol. The number of nitrogens with zero attached hydrogens (tertiary/aromatic N) is 3. The molecule has 0 saturated carbocycles. The highest BCUT2D eigenvalue weighted by Crippen LogP contribution is 2.14. The molecule has 136 valence electrons. The van der Waals surface area contributed by atoms with E-state index in [-0.39, 0.29) is 11.5 Å². The van der Waals surface area contributed by atoms with Crippen LogP contribution in [-0.4, -0.2) is 27.4 Å². The molecule has 2 rings (SSSR count). The fourth-order valence-corrected chi connectivity index (χ4v) is 2.74. The molecule has 0 aromatic carbocycles. The molecular weight excluding hydrogens is 318 g/mol. The van der Waals surface area contributed by atoms with Gasteiger partial charge in [-0.3, -0.25) is 4.79 Å². The second-order valence-electron chi connectivity index (χ2n) is 6.78. The third-order valence-corrected chi connectivity index (χ3v) is 4.25. The Morgan fingerprint density at radius 2 is 2.12 bits per heavy atom. The van der Waals surface area contributed by atoms with E-state index >= 15 is 0 Å². The van der Waals surface area contributed by atoms with E-state index in [1.807, 2.05) is 17.7 Å². The molecule has 6 nitrogen and oxygen atoms in total. The van der Waals surface area contributed by atoms with Crippen molar-refractivity contribution in [3.8, 4) is 0 Å². The van der Waals surface area contributed by atoms with Crippen molar-refractivity contribution in [3.05, 3.63) is 51.6 Å². The number of hydrogen-bond acceptors (Lipinski definition) is 4. The first-order valence-corrected chi connectivity index (χ1v) is 8.72. The molecule has 0 unspecified atom stereocenters. The van der Waals surface area contributed by atoms with E-state index in [9.17, 15) is 9.59 Å². The largest absolute Gasteiger partial charge is 0.427 e. The standard InChI is InChI=1S/C19H27N3O3/c1-6-22-10-9-20-16(22)12-21(5)18(23)17-14(4)11-15(25-19(17)24)8-7-13(2)3/h9-11,13H,6-8,12H2,1-5H3. The maximum Gasteiger partial charge on any atom is 0.349 e. The molecule has 2 aromatic heterocycles. The second-order valence-corrected chi connectivity index (χ2v) is 6.78. The van der Waals surface area contributed by atoms with E-state index in [1.54, 1.807) is 26.2 Å². The zero-order valence-electron chi connectivity index (χ0n) is 15.7. The summed E-state index contributed by atoms with van der Waals surface area (Å²) in [7, 11) is 1.67. The van der Waals surface area contributed by atoms with Gasteiger partial charge in [-0.1, -0.05) is 13.8 Å². The van der Waals surface area contributed by atoms with Crippen LogP contribution in [0, 0.1) is 12.8 Å². The fraction of sp³-hybridized carbons (Fsp3) is 0.526. The number of aromatic nitrogens is 2. The van der Waals surface area contributed by atoms with Crippen molar-refractivity contribution in [2.45, 2.75) is 53.6 Å². The van der Waals surface area contributed by atoms with E-state index in [1.165, 1.54) is 4.90 Å². The van der Waals surface area contributed by atoms with Crippen LogP contribution in [0.1, 0.15) is 54.7 Å². The van der Waals surface area contributed by atoms with E-state index < -0.39 is 5.63 Å². The summed E-state index contributed by atoms with van der Waals surface area (Å²) in [5, 5.41) is 0. The molecule has 0 aliphatic rings. The lowest BCUT2D eigenvalue weighted by molar-refractivity contribution is 0.0774. The maximum atomic E-state index is 12.7. The number of aryl methyl sites for hydroxylation is 3. The highest BCUT2D eigenvalue weighted by molar-refractivity contribution is 5.94. The van der Waals surface area contributed by atoms with Crippen molar-refractivity contribution in [2.75, 3.05) is 7.05 Å². The van der Waals surface area contributed by atoms with Gasteiger partial charge in [0.1, 0.15) is 17.1 Å². The third kappa shape index (κ3) is 4.59. The van der Waals surface area contributed by atoms with Gasteiger partial charge in [0.25, 0.3) is 5.91 Å². The Hall–Kier alpha value is -2.37. The van der Waals surface area contributed by atoms with Gasteiger partial charge in [0.2, 0.25) is 0 Å². The first-order valence-electron chi connectivity index (χ1n) is 8.72. The molecule has 0 atom stereocenters. The summed E-state index contributed by atoms with van der Waals surface area (Å²) in [6.07, 6.45) is 5.22. The Morgan fingerprint density at radius 1 is 1.40 bits per heavy atom. The van der Waals surface area contributed by atoms with Crippen LogP contribution in [0.5, 0.6) is 0 Å². The lowest BCUT2D eigenvalue weighted by atomic mass is 10.0. The molecule has 0 N–H and O–H groups in total. The normalized spacial score (nSPS) is 11.1. The highest BCUT2D eigenvalue weighted by Gasteiger charge is 2.21. The van der Waals surface area contributed by atoms with Crippen LogP contribution in [0.4, 0.5) is 0 Å². The van der Waals surface area contributed by atoms with Gasteiger partial charge in [0.15, 0.2) is 0 Å². The van der Waals surface area contributed by atoms with Crippen molar-refractivity contribution >= 4 is 5.91 Å². The molecule has 0 aliphatic carbocycles. The van der Waals surface area contributed by atoms with Crippen LogP contribution in [0.25, 0.3) is 0 Å². The van der Waals surface area contributed by atoms with Crippen LogP contribution in [0.15, 0.2) is 27.7 Å². The molecule has 25 heavy (non-hydrogen) atoms. The first-order chi connectivity index (χ1) is 11.8. The summed E-state index contributed by atoms with van der Waals surface area (Å²) in [6, 6.07) is 1.80. The van der Waals surface area contributed by atoms with E-state index in [2.05, 4.69) is 18.8 Å². The molecule has 0 aliphatic heterocycles. The van der Waals surface area contributed by atoms with Gasteiger partial charge in [-0.25, -0.2) is 9.78 Å². The van der Waals surface area contributed by atoms with Crippen molar-refractivity contribution in [3.63, 3.8) is 0 Å². The Bertz CT molecular complexity index is 789. The smallest absolute Gasteiger partial charge is 0.349 e. The van der Waals surface area contributed by atoms with Gasteiger partial charge in [0.05, 0.1) is 6.54 Å². The molecule has 2 heterocycles. The topological polar surface area (TPSA) is 68.3 Å². The maximum absolute atomic E-state index is 12.7. The summed E-state index contributed by atoms with van der Waals surface area (Å²) in [5.41, 5.74) is 0.200. The summed E-state index contributed by atoms with van der Waals surface area (Å²) in [4.78, 5) is 30.8. The molecule has 0 bridgehead atoms. The zero-order valence-corrected chi connectivity index (χ0v) is 15.7. The second kappa shape index (κ2) is 8.14. The number of imidazole rings is 1. The lowest BCUT2D eigenvalue weighted by Crippen LogP contribution is -2.32. The Labute approximate surface area is 148 Å². The minimum Gasteiger partial charge on any atom is -0.427 e. The highest BCUT2D eigenvalue weighted by atomic mass is 16.4. The molecule has 6 heteroatoms. The molecular formula is C19H27N3O3. The Balaban J connectivity index is 2.19. The van der Waals surface area contributed by atoms with Crippen LogP contribution in [0.2, 0.25) is 0 Å². The van der Waals surface area contributed by atoms with Crippen LogP contribution < -0.4 is 5.63 Å². The molecule has 2 aromatic rings. The van der Waals surface area contributed by atoms with Gasteiger partial charge in [0, 0.05) is 32.4 Å². The van der Waals surface area contributed by atoms with Gasteiger partial charge in [-0.15, -0.1) is 0 Å². The minimum absolute atomic E-state index is 0.102. The Morgan fingerprint density at radius 3 is 2.72 bits per heavy atom. The first kappa shape index (κ1) is 19.0. The number of rotatable bonds is 7. The van der Waals surface area contributed by atoms with Crippen LogP contribution in [0.3, 0.4) is 0 Å². The molecule has 1 amide bonds. The third-order valence-electron chi connectivity index (χ3n) is 4.25. The van der Waals surface area contributed by atoms with E-state index in [4.69, 9.17) is 4.42 Å². The quantitative estimate of drug-likeness (QED) is 0.773. The van der Waals surface area contributed by atoms with Gasteiger partial charge >= 0.3 is 5.63 Å². The average molecular weight is 345 g/mol. The van der Waals surface area contributed by atoms with Crippen molar-refractivity contribution in [1.82, 2.24) is 14.5 Å². The fourth-order valence-electron chi connectivity index (χ4n) is 2.74. The molecule has 0 radical (unpaired) electrons. The van der Waals surface area contributed by atoms with Gasteiger partial charge in [-0.2, -0.15) is 0 Å².